The van der Waals surface area contributed by atoms with Gasteiger partial charge in [0.25, 0.3) is 0 Å². The Kier molecular flexibility index (Phi) is 4.99. The molecule has 7 heteroatoms. The van der Waals surface area contributed by atoms with Gasteiger partial charge in [0, 0.05) is 5.75 Å². The Hall–Kier alpha value is -1.57. The first-order valence-corrected chi connectivity index (χ1v) is 7.82. The SMILES string of the molecule is Cc1nc(N)sc1SCc1ccccc1CC(=O)NN. The number of thiazole rings is 1. The van der Waals surface area contributed by atoms with Crippen molar-refractivity contribution in [3.63, 3.8) is 0 Å². The summed E-state index contributed by atoms with van der Waals surface area (Å²) in [7, 11) is 0. The Morgan fingerprint density at radius 1 is 1.40 bits per heavy atom. The van der Waals surface area contributed by atoms with Gasteiger partial charge in [-0.05, 0) is 18.1 Å². The maximum atomic E-state index is 11.4. The largest absolute Gasteiger partial charge is 0.375 e. The number of nitrogens with one attached hydrogen (secondary N) is 1. The lowest BCUT2D eigenvalue weighted by atomic mass is 10.1. The van der Waals surface area contributed by atoms with Crippen LogP contribution in [0.25, 0.3) is 0 Å². The number of aryl methyl sites for hydroxylation is 1. The van der Waals surface area contributed by atoms with Crippen LogP contribution < -0.4 is 17.0 Å². The predicted molar refractivity (Wildman–Crippen MR) is 83.3 cm³/mol. The second kappa shape index (κ2) is 6.74. The van der Waals surface area contributed by atoms with Crippen LogP contribution >= 0.6 is 23.1 Å². The van der Waals surface area contributed by atoms with E-state index in [4.69, 9.17) is 11.6 Å². The monoisotopic (exact) mass is 308 g/mol. The highest BCUT2D eigenvalue weighted by atomic mass is 32.2. The van der Waals surface area contributed by atoms with Crippen LogP contribution in [0.1, 0.15) is 16.8 Å². The Morgan fingerprint density at radius 3 is 2.70 bits per heavy atom. The second-order valence-electron chi connectivity index (χ2n) is 4.23. The number of carbonyl (C=O) groups is 1. The fourth-order valence-electron chi connectivity index (χ4n) is 1.77. The molecular weight excluding hydrogens is 292 g/mol. The van der Waals surface area contributed by atoms with E-state index >= 15 is 0 Å². The van der Waals surface area contributed by atoms with Crippen molar-refractivity contribution in [1.82, 2.24) is 10.4 Å². The topological polar surface area (TPSA) is 94.0 Å². The second-order valence-corrected chi connectivity index (χ2v) is 6.50. The summed E-state index contributed by atoms with van der Waals surface area (Å²) in [5, 5.41) is 0.584. The summed E-state index contributed by atoms with van der Waals surface area (Å²) in [5.74, 6) is 5.71. The van der Waals surface area contributed by atoms with Gasteiger partial charge in [-0.3, -0.25) is 10.2 Å². The molecule has 5 nitrogen and oxygen atoms in total. The van der Waals surface area contributed by atoms with Crippen LogP contribution in [-0.2, 0) is 17.0 Å². The van der Waals surface area contributed by atoms with E-state index in [2.05, 4.69) is 10.4 Å². The summed E-state index contributed by atoms with van der Waals surface area (Å²) in [6, 6.07) is 7.85. The van der Waals surface area contributed by atoms with Crippen molar-refractivity contribution in [3.05, 3.63) is 41.1 Å². The van der Waals surface area contributed by atoms with Gasteiger partial charge in [0.1, 0.15) is 0 Å². The highest BCUT2D eigenvalue weighted by Gasteiger charge is 2.10. The van der Waals surface area contributed by atoms with Crippen LogP contribution in [0.5, 0.6) is 0 Å². The number of benzene rings is 1. The Labute approximate surface area is 125 Å². The summed E-state index contributed by atoms with van der Waals surface area (Å²) >= 11 is 3.17. The van der Waals surface area contributed by atoms with E-state index in [0.29, 0.717) is 5.13 Å². The van der Waals surface area contributed by atoms with E-state index in [1.807, 2.05) is 31.2 Å². The molecule has 106 valence electrons. The van der Waals surface area contributed by atoms with Crippen molar-refractivity contribution < 1.29 is 4.79 Å². The Balaban J connectivity index is 2.09. The van der Waals surface area contributed by atoms with Gasteiger partial charge in [-0.2, -0.15) is 0 Å². The first kappa shape index (κ1) is 14.8. The van der Waals surface area contributed by atoms with Crippen LogP contribution in [0.15, 0.2) is 28.5 Å². The van der Waals surface area contributed by atoms with Crippen LogP contribution in [0.2, 0.25) is 0 Å². The summed E-state index contributed by atoms with van der Waals surface area (Å²) in [5.41, 5.74) is 10.9. The number of nitrogen functional groups attached to an aromatic ring is 1. The number of anilines is 1. The molecule has 20 heavy (non-hydrogen) atoms. The average molecular weight is 308 g/mol. The minimum atomic E-state index is -0.194. The van der Waals surface area contributed by atoms with Gasteiger partial charge in [-0.1, -0.05) is 35.6 Å². The van der Waals surface area contributed by atoms with E-state index in [-0.39, 0.29) is 12.3 Å². The molecule has 0 atom stereocenters. The third-order valence-corrected chi connectivity index (χ3v) is 5.16. The highest BCUT2D eigenvalue weighted by Crippen LogP contribution is 2.33. The predicted octanol–water partition coefficient (Wildman–Crippen LogP) is 1.86. The molecule has 0 aliphatic rings. The third kappa shape index (κ3) is 3.72. The molecule has 0 fully saturated rings. The van der Waals surface area contributed by atoms with Gasteiger partial charge in [0.2, 0.25) is 5.91 Å². The van der Waals surface area contributed by atoms with Crippen molar-refractivity contribution in [2.75, 3.05) is 5.73 Å². The molecule has 0 aliphatic carbocycles. The smallest absolute Gasteiger partial charge is 0.238 e. The van der Waals surface area contributed by atoms with E-state index in [9.17, 15) is 4.79 Å². The van der Waals surface area contributed by atoms with Crippen molar-refractivity contribution >= 4 is 34.1 Å². The summed E-state index contributed by atoms with van der Waals surface area (Å²) in [4.78, 5) is 15.6. The standard InChI is InChI=1S/C13H16N4OS2/c1-8-12(20-13(14)16-8)19-7-10-5-3-2-4-9(10)6-11(18)17-15/h2-5H,6-7,15H2,1H3,(H2,14,16)(H,17,18). The Bertz CT molecular complexity index is 612. The van der Waals surface area contributed by atoms with Crippen molar-refractivity contribution in [2.24, 2.45) is 5.84 Å². The molecule has 5 N–H and O–H groups in total. The zero-order valence-electron chi connectivity index (χ0n) is 11.1. The van der Waals surface area contributed by atoms with Gasteiger partial charge < -0.3 is 5.73 Å². The van der Waals surface area contributed by atoms with Crippen molar-refractivity contribution in [1.29, 1.82) is 0 Å². The summed E-state index contributed by atoms with van der Waals surface area (Å²) in [6.07, 6.45) is 0.289. The van der Waals surface area contributed by atoms with E-state index in [1.54, 1.807) is 11.8 Å². The number of hydrogen-bond acceptors (Lipinski definition) is 6. The lowest BCUT2D eigenvalue weighted by Gasteiger charge is -2.08. The molecule has 0 unspecified atom stereocenters. The summed E-state index contributed by atoms with van der Waals surface area (Å²) < 4.78 is 1.11. The quantitative estimate of drug-likeness (QED) is 0.339. The fourth-order valence-corrected chi connectivity index (χ4v) is 3.83. The summed E-state index contributed by atoms with van der Waals surface area (Å²) in [6.45, 7) is 1.95. The number of hydrogen-bond donors (Lipinski definition) is 3. The minimum Gasteiger partial charge on any atom is -0.375 e. The fraction of sp³-hybridized carbons (Fsp3) is 0.231. The zero-order chi connectivity index (χ0) is 14.5. The average Bonchev–Trinajstić information content (AvgIpc) is 2.76. The van der Waals surface area contributed by atoms with Gasteiger partial charge in [-0.15, -0.1) is 11.8 Å². The lowest BCUT2D eigenvalue weighted by Crippen LogP contribution is -2.31. The van der Waals surface area contributed by atoms with Crippen LogP contribution in [0.3, 0.4) is 0 Å². The molecule has 0 saturated heterocycles. The molecule has 1 aromatic carbocycles. The number of amides is 1. The number of thioether (sulfide) groups is 1. The third-order valence-electron chi connectivity index (χ3n) is 2.76. The first-order valence-electron chi connectivity index (χ1n) is 6.02. The molecule has 0 bridgehead atoms. The molecule has 0 saturated carbocycles. The van der Waals surface area contributed by atoms with Crippen molar-refractivity contribution in [2.45, 2.75) is 23.3 Å². The molecular formula is C13H16N4OS2. The number of nitrogens with two attached hydrogens (primary N) is 2. The molecule has 1 aromatic heterocycles. The molecule has 0 spiro atoms. The van der Waals surface area contributed by atoms with Crippen molar-refractivity contribution in [3.8, 4) is 0 Å². The van der Waals surface area contributed by atoms with Crippen LogP contribution in [0.4, 0.5) is 5.13 Å². The number of nitrogens with zero attached hydrogens (tertiary/aromatic N) is 1. The number of hydrazine groups is 1. The number of carbonyl (C=O) groups excluding carboxylic acids is 1. The Morgan fingerprint density at radius 2 is 2.10 bits per heavy atom. The zero-order valence-corrected chi connectivity index (χ0v) is 12.7. The maximum absolute atomic E-state index is 11.4. The van der Waals surface area contributed by atoms with E-state index in [1.165, 1.54) is 11.3 Å². The lowest BCUT2D eigenvalue weighted by molar-refractivity contribution is -0.120. The van der Waals surface area contributed by atoms with Gasteiger partial charge in [-0.25, -0.2) is 10.8 Å². The van der Waals surface area contributed by atoms with E-state index in [0.717, 1.165) is 26.8 Å². The molecule has 1 heterocycles. The first-order chi connectivity index (χ1) is 9.60. The van der Waals surface area contributed by atoms with Gasteiger partial charge >= 0.3 is 0 Å². The highest BCUT2D eigenvalue weighted by molar-refractivity contribution is 8.00. The molecule has 2 aromatic rings. The molecule has 1 amide bonds. The van der Waals surface area contributed by atoms with E-state index < -0.39 is 0 Å². The molecule has 0 aliphatic heterocycles. The minimum absolute atomic E-state index is 0.194. The normalized spacial score (nSPS) is 10.5. The number of aromatic nitrogens is 1. The molecule has 0 radical (unpaired) electrons. The maximum Gasteiger partial charge on any atom is 0.238 e. The number of rotatable bonds is 5. The van der Waals surface area contributed by atoms with Crippen LogP contribution in [0, 0.1) is 6.92 Å². The van der Waals surface area contributed by atoms with Crippen LogP contribution in [-0.4, -0.2) is 10.9 Å². The van der Waals surface area contributed by atoms with Gasteiger partial charge in [0.05, 0.1) is 16.3 Å². The van der Waals surface area contributed by atoms with Gasteiger partial charge in [0.15, 0.2) is 5.13 Å². The molecule has 2 rings (SSSR count).